The molecule has 0 saturated carbocycles. The highest BCUT2D eigenvalue weighted by Crippen LogP contribution is 2.26. The number of aryl methyl sites for hydroxylation is 2. The number of hydrogen-bond donors (Lipinski definition) is 0. The molecule has 0 aliphatic rings. The van der Waals surface area contributed by atoms with Crippen molar-refractivity contribution >= 4 is 15.9 Å². The van der Waals surface area contributed by atoms with E-state index in [0.717, 1.165) is 22.4 Å². The largest absolute Gasteiger partial charge is 0.497 e. The molecule has 2 nitrogen and oxygen atoms in total. The maximum atomic E-state index is 5.97. The van der Waals surface area contributed by atoms with Crippen LogP contribution in [-0.4, -0.2) is 7.11 Å². The minimum absolute atomic E-state index is 0.569. The fraction of sp³-hybridized carbons (Fsp3) is 0.294. The lowest BCUT2D eigenvalue weighted by Crippen LogP contribution is -2.00. The zero-order valence-corrected chi connectivity index (χ0v) is 13.7. The van der Waals surface area contributed by atoms with Gasteiger partial charge >= 0.3 is 0 Å². The van der Waals surface area contributed by atoms with Crippen molar-refractivity contribution in [3.63, 3.8) is 0 Å². The molecule has 20 heavy (non-hydrogen) atoms. The second-order valence-corrected chi connectivity index (χ2v) is 5.39. The SMILES string of the molecule is COc1ccc(COc2c(C)cc(CBr)cc2C)cc1. The van der Waals surface area contributed by atoms with Gasteiger partial charge in [0.2, 0.25) is 0 Å². The van der Waals surface area contributed by atoms with Gasteiger partial charge in [-0.1, -0.05) is 40.2 Å². The summed E-state index contributed by atoms with van der Waals surface area (Å²) in [5, 5.41) is 0.868. The first-order valence-corrected chi connectivity index (χ1v) is 7.68. The lowest BCUT2D eigenvalue weighted by molar-refractivity contribution is 0.301. The van der Waals surface area contributed by atoms with Crippen LogP contribution in [0.5, 0.6) is 11.5 Å². The molecule has 0 amide bonds. The Morgan fingerprint density at radius 2 is 1.55 bits per heavy atom. The van der Waals surface area contributed by atoms with Crippen LogP contribution < -0.4 is 9.47 Å². The topological polar surface area (TPSA) is 18.5 Å². The fourth-order valence-electron chi connectivity index (χ4n) is 2.22. The van der Waals surface area contributed by atoms with Crippen molar-refractivity contribution < 1.29 is 9.47 Å². The van der Waals surface area contributed by atoms with Crippen molar-refractivity contribution in [2.75, 3.05) is 7.11 Å². The summed E-state index contributed by atoms with van der Waals surface area (Å²) in [5.74, 6) is 1.84. The van der Waals surface area contributed by atoms with Crippen molar-refractivity contribution in [3.8, 4) is 11.5 Å². The minimum atomic E-state index is 0.569. The first-order chi connectivity index (χ1) is 9.63. The van der Waals surface area contributed by atoms with E-state index >= 15 is 0 Å². The molecule has 0 heterocycles. The number of benzene rings is 2. The highest BCUT2D eigenvalue weighted by atomic mass is 79.9. The predicted molar refractivity (Wildman–Crippen MR) is 85.9 cm³/mol. The zero-order chi connectivity index (χ0) is 14.5. The number of hydrogen-bond acceptors (Lipinski definition) is 2. The van der Waals surface area contributed by atoms with E-state index in [2.05, 4.69) is 41.9 Å². The van der Waals surface area contributed by atoms with Crippen LogP contribution in [0.4, 0.5) is 0 Å². The third-order valence-electron chi connectivity index (χ3n) is 3.22. The van der Waals surface area contributed by atoms with Crippen LogP contribution in [0.15, 0.2) is 36.4 Å². The molecule has 0 saturated heterocycles. The lowest BCUT2D eigenvalue weighted by Gasteiger charge is -2.14. The van der Waals surface area contributed by atoms with Crippen LogP contribution in [0.25, 0.3) is 0 Å². The average Bonchev–Trinajstić information content (AvgIpc) is 2.46. The maximum absolute atomic E-state index is 5.97. The van der Waals surface area contributed by atoms with Gasteiger partial charge in [-0.25, -0.2) is 0 Å². The molecule has 0 N–H and O–H groups in total. The summed E-state index contributed by atoms with van der Waals surface area (Å²) in [6, 6.07) is 12.3. The molecule has 0 unspecified atom stereocenters. The molecule has 3 heteroatoms. The minimum Gasteiger partial charge on any atom is -0.497 e. The molecule has 0 aliphatic heterocycles. The van der Waals surface area contributed by atoms with E-state index in [9.17, 15) is 0 Å². The van der Waals surface area contributed by atoms with E-state index in [1.807, 2.05) is 24.3 Å². The molecule has 106 valence electrons. The Morgan fingerprint density at radius 3 is 2.05 bits per heavy atom. The average molecular weight is 335 g/mol. The van der Waals surface area contributed by atoms with E-state index in [1.165, 1.54) is 16.7 Å². The van der Waals surface area contributed by atoms with E-state index in [4.69, 9.17) is 9.47 Å². The van der Waals surface area contributed by atoms with Crippen molar-refractivity contribution in [1.82, 2.24) is 0 Å². The molecule has 0 spiro atoms. The number of methoxy groups -OCH3 is 1. The number of rotatable bonds is 5. The quantitative estimate of drug-likeness (QED) is 0.732. The molecular formula is C17H19BrO2. The molecule has 0 radical (unpaired) electrons. The Morgan fingerprint density at radius 1 is 0.950 bits per heavy atom. The van der Waals surface area contributed by atoms with Gasteiger partial charge < -0.3 is 9.47 Å². The standard InChI is InChI=1S/C17H19BrO2/c1-12-8-15(10-18)9-13(2)17(12)20-11-14-4-6-16(19-3)7-5-14/h4-9H,10-11H2,1-3H3. The zero-order valence-electron chi connectivity index (χ0n) is 12.1. The van der Waals surface area contributed by atoms with Crippen LogP contribution in [0.1, 0.15) is 22.3 Å². The Bertz CT molecular complexity index is 553. The molecule has 2 aromatic carbocycles. The summed E-state index contributed by atoms with van der Waals surface area (Å²) in [4.78, 5) is 0. The molecular weight excluding hydrogens is 316 g/mol. The summed E-state index contributed by atoms with van der Waals surface area (Å²) >= 11 is 3.49. The Balaban J connectivity index is 2.10. The molecule has 0 bridgehead atoms. The van der Waals surface area contributed by atoms with Crippen molar-refractivity contribution in [3.05, 3.63) is 58.7 Å². The predicted octanol–water partition coefficient (Wildman–Crippen LogP) is 4.79. The second kappa shape index (κ2) is 6.80. The van der Waals surface area contributed by atoms with Gasteiger partial charge in [0.1, 0.15) is 18.1 Å². The van der Waals surface area contributed by atoms with Gasteiger partial charge in [-0.3, -0.25) is 0 Å². The third-order valence-corrected chi connectivity index (χ3v) is 3.86. The highest BCUT2D eigenvalue weighted by Gasteiger charge is 2.06. The number of alkyl halides is 1. The van der Waals surface area contributed by atoms with Gasteiger partial charge in [-0.15, -0.1) is 0 Å². The van der Waals surface area contributed by atoms with Crippen LogP contribution in [0.2, 0.25) is 0 Å². The summed E-state index contributed by atoms with van der Waals surface area (Å²) in [6.07, 6.45) is 0. The van der Waals surface area contributed by atoms with Gasteiger partial charge in [0.05, 0.1) is 7.11 Å². The van der Waals surface area contributed by atoms with E-state index in [-0.39, 0.29) is 0 Å². The molecule has 2 aromatic rings. The van der Waals surface area contributed by atoms with E-state index in [1.54, 1.807) is 7.11 Å². The van der Waals surface area contributed by atoms with Crippen molar-refractivity contribution in [1.29, 1.82) is 0 Å². The van der Waals surface area contributed by atoms with Crippen LogP contribution in [0.3, 0.4) is 0 Å². The first kappa shape index (κ1) is 14.9. The lowest BCUT2D eigenvalue weighted by atomic mass is 10.1. The highest BCUT2D eigenvalue weighted by molar-refractivity contribution is 9.08. The molecule has 0 aliphatic carbocycles. The van der Waals surface area contributed by atoms with Gasteiger partial charge in [0.25, 0.3) is 0 Å². The first-order valence-electron chi connectivity index (χ1n) is 6.56. The van der Waals surface area contributed by atoms with E-state index in [0.29, 0.717) is 6.61 Å². The van der Waals surface area contributed by atoms with E-state index < -0.39 is 0 Å². The molecule has 0 fully saturated rings. The van der Waals surface area contributed by atoms with Gasteiger partial charge in [-0.05, 0) is 48.2 Å². The third kappa shape index (κ3) is 3.54. The van der Waals surface area contributed by atoms with Crippen LogP contribution in [0, 0.1) is 13.8 Å². The summed E-state index contributed by atoms with van der Waals surface area (Å²) in [6.45, 7) is 4.74. The summed E-state index contributed by atoms with van der Waals surface area (Å²) < 4.78 is 11.1. The van der Waals surface area contributed by atoms with Gasteiger partial charge in [0, 0.05) is 5.33 Å². The molecule has 0 atom stereocenters. The van der Waals surface area contributed by atoms with Crippen molar-refractivity contribution in [2.24, 2.45) is 0 Å². The molecule has 0 aromatic heterocycles. The van der Waals surface area contributed by atoms with Gasteiger partial charge in [-0.2, -0.15) is 0 Å². The number of halogens is 1. The van der Waals surface area contributed by atoms with Crippen LogP contribution in [-0.2, 0) is 11.9 Å². The Labute approximate surface area is 128 Å². The van der Waals surface area contributed by atoms with Gasteiger partial charge in [0.15, 0.2) is 0 Å². The monoisotopic (exact) mass is 334 g/mol. The smallest absolute Gasteiger partial charge is 0.125 e. The normalized spacial score (nSPS) is 10.4. The summed E-state index contributed by atoms with van der Waals surface area (Å²) in [5.41, 5.74) is 4.76. The second-order valence-electron chi connectivity index (χ2n) is 4.83. The fourth-order valence-corrected chi connectivity index (χ4v) is 2.55. The number of ether oxygens (including phenoxy) is 2. The Kier molecular flexibility index (Phi) is 5.07. The molecule has 2 rings (SSSR count). The maximum Gasteiger partial charge on any atom is 0.125 e. The van der Waals surface area contributed by atoms with Crippen molar-refractivity contribution in [2.45, 2.75) is 25.8 Å². The summed E-state index contributed by atoms with van der Waals surface area (Å²) in [7, 11) is 1.67. The van der Waals surface area contributed by atoms with Crippen LogP contribution >= 0.6 is 15.9 Å². The Hall–Kier alpha value is -1.48.